The number of morpholine rings is 1. The zero-order valence-corrected chi connectivity index (χ0v) is 4.18. The molecule has 1 saturated carbocycles. The fourth-order valence-electron chi connectivity index (χ4n) is 1.03. The largest absolute Gasteiger partial charge is 0.375 e. The Balaban J connectivity index is 1.95. The van der Waals surface area contributed by atoms with Crippen LogP contribution < -0.4 is 5.32 Å². The molecule has 2 atom stereocenters. The molecule has 2 fully saturated rings. The van der Waals surface area contributed by atoms with Gasteiger partial charge in [-0.25, -0.2) is 0 Å². The van der Waals surface area contributed by atoms with Gasteiger partial charge in [-0.2, -0.15) is 0 Å². The molecule has 40 valence electrons. The highest BCUT2D eigenvalue weighted by atomic mass is 16.5. The minimum atomic E-state index is 0.591. The molecule has 0 aromatic rings. The van der Waals surface area contributed by atoms with E-state index in [9.17, 15) is 0 Å². The topological polar surface area (TPSA) is 21.3 Å². The molecule has 0 aromatic heterocycles. The van der Waals surface area contributed by atoms with E-state index in [0.717, 1.165) is 19.2 Å². The summed E-state index contributed by atoms with van der Waals surface area (Å²) < 4.78 is 5.29. The average molecular weight is 99.1 g/mol. The molecule has 0 amide bonds. The molecule has 0 spiro atoms. The van der Waals surface area contributed by atoms with Crippen molar-refractivity contribution in [3.05, 3.63) is 0 Å². The van der Waals surface area contributed by atoms with Crippen molar-refractivity contribution in [1.82, 2.24) is 5.32 Å². The second-order valence-corrected chi connectivity index (χ2v) is 2.21. The lowest BCUT2D eigenvalue weighted by atomic mass is 10.5. The molecule has 7 heavy (non-hydrogen) atoms. The zero-order valence-electron chi connectivity index (χ0n) is 4.18. The average Bonchev–Trinajstić information content (AvgIpc) is 2.41. The minimum Gasteiger partial charge on any atom is -0.375 e. The van der Waals surface area contributed by atoms with E-state index in [-0.39, 0.29) is 0 Å². The molecule has 0 unspecified atom stereocenters. The molecule has 1 heterocycles. The lowest BCUT2D eigenvalue weighted by Gasteiger charge is -2.09. The molecule has 2 rings (SSSR count). The Morgan fingerprint density at radius 1 is 1.57 bits per heavy atom. The van der Waals surface area contributed by atoms with Gasteiger partial charge in [0.2, 0.25) is 0 Å². The first-order valence-corrected chi connectivity index (χ1v) is 2.82. The van der Waals surface area contributed by atoms with Crippen molar-refractivity contribution < 1.29 is 4.74 Å². The van der Waals surface area contributed by atoms with Crippen LogP contribution in [0.1, 0.15) is 6.42 Å². The smallest absolute Gasteiger partial charge is 0.0745 e. The van der Waals surface area contributed by atoms with Gasteiger partial charge in [0.25, 0.3) is 0 Å². The monoisotopic (exact) mass is 99.1 g/mol. The highest BCUT2D eigenvalue weighted by Crippen LogP contribution is 2.26. The molecule has 2 aliphatic rings. The van der Waals surface area contributed by atoms with Gasteiger partial charge in [-0.1, -0.05) is 0 Å². The van der Waals surface area contributed by atoms with Gasteiger partial charge < -0.3 is 10.1 Å². The van der Waals surface area contributed by atoms with E-state index >= 15 is 0 Å². The molecule has 1 aliphatic heterocycles. The molecular weight excluding hydrogens is 90.1 g/mol. The minimum absolute atomic E-state index is 0.591. The van der Waals surface area contributed by atoms with Gasteiger partial charge in [-0.15, -0.1) is 0 Å². The van der Waals surface area contributed by atoms with Crippen molar-refractivity contribution in [2.45, 2.75) is 18.6 Å². The number of nitrogens with one attached hydrogen (secondary N) is 1. The van der Waals surface area contributed by atoms with Crippen LogP contribution in [0.15, 0.2) is 0 Å². The predicted octanol–water partition coefficient (Wildman–Crippen LogP) is -0.253. The standard InChI is InChI=1S/C5H9NO/c1-2-7-5-3-4(5)6-1/h4-6H,1-3H2/t4-,5+/m1/s1. The third-order valence-electron chi connectivity index (χ3n) is 1.57. The molecule has 0 aromatic carbocycles. The quantitative estimate of drug-likeness (QED) is 0.452. The highest BCUT2D eigenvalue weighted by Gasteiger charge is 2.39. The second kappa shape index (κ2) is 1.20. The summed E-state index contributed by atoms with van der Waals surface area (Å²) in [5.74, 6) is 0. The van der Waals surface area contributed by atoms with E-state index in [2.05, 4.69) is 5.32 Å². The van der Waals surface area contributed by atoms with Crippen LogP contribution in [0, 0.1) is 0 Å². The maximum Gasteiger partial charge on any atom is 0.0745 e. The number of fused-ring (bicyclic) bond motifs is 1. The molecule has 2 nitrogen and oxygen atoms in total. The van der Waals surface area contributed by atoms with E-state index in [1.165, 1.54) is 6.42 Å². The molecular formula is C5H9NO. The Hall–Kier alpha value is -0.0800. The van der Waals surface area contributed by atoms with Crippen LogP contribution in [0.2, 0.25) is 0 Å². The second-order valence-electron chi connectivity index (χ2n) is 2.21. The van der Waals surface area contributed by atoms with Crippen LogP contribution in [0.5, 0.6) is 0 Å². The molecule has 1 N–H and O–H groups in total. The zero-order chi connectivity index (χ0) is 4.69. The SMILES string of the molecule is C1CO[C@H]2C[C@H]2N1. The van der Waals surface area contributed by atoms with Crippen molar-refractivity contribution >= 4 is 0 Å². The van der Waals surface area contributed by atoms with Gasteiger partial charge in [-0.3, -0.25) is 0 Å². The summed E-state index contributed by atoms with van der Waals surface area (Å²) in [6.07, 6.45) is 1.84. The third kappa shape index (κ3) is 0.545. The summed E-state index contributed by atoms with van der Waals surface area (Å²) in [7, 11) is 0. The van der Waals surface area contributed by atoms with Gasteiger partial charge in [0, 0.05) is 12.6 Å². The van der Waals surface area contributed by atoms with Gasteiger partial charge >= 0.3 is 0 Å². The van der Waals surface area contributed by atoms with Crippen molar-refractivity contribution in [2.24, 2.45) is 0 Å². The number of ether oxygens (including phenoxy) is 1. The van der Waals surface area contributed by atoms with Crippen LogP contribution in [-0.4, -0.2) is 25.3 Å². The molecule has 1 aliphatic carbocycles. The third-order valence-corrected chi connectivity index (χ3v) is 1.57. The van der Waals surface area contributed by atoms with Crippen LogP contribution in [0.3, 0.4) is 0 Å². The Bertz CT molecular complexity index is 74.1. The Morgan fingerprint density at radius 3 is 3.14 bits per heavy atom. The normalized spacial score (nSPS) is 48.0. The first kappa shape index (κ1) is 3.87. The fourth-order valence-corrected chi connectivity index (χ4v) is 1.03. The van der Waals surface area contributed by atoms with Gasteiger partial charge in [0.1, 0.15) is 0 Å². The lowest BCUT2D eigenvalue weighted by molar-refractivity contribution is 0.0922. The number of hydrogen-bond acceptors (Lipinski definition) is 2. The summed E-state index contributed by atoms with van der Waals surface area (Å²) in [6.45, 7) is 1.97. The van der Waals surface area contributed by atoms with E-state index in [1.807, 2.05) is 0 Å². The molecule has 2 heteroatoms. The summed E-state index contributed by atoms with van der Waals surface area (Å²) in [6, 6.07) is 0.730. The highest BCUT2D eigenvalue weighted by molar-refractivity contribution is 4.96. The molecule has 0 bridgehead atoms. The van der Waals surface area contributed by atoms with E-state index in [0.29, 0.717) is 6.10 Å². The van der Waals surface area contributed by atoms with Gasteiger partial charge in [0.05, 0.1) is 12.7 Å². The fraction of sp³-hybridized carbons (Fsp3) is 1.00. The number of rotatable bonds is 0. The maximum absolute atomic E-state index is 5.29. The summed E-state index contributed by atoms with van der Waals surface area (Å²) >= 11 is 0. The number of hydrogen-bond donors (Lipinski definition) is 1. The Labute approximate surface area is 42.9 Å². The van der Waals surface area contributed by atoms with E-state index in [1.54, 1.807) is 0 Å². The van der Waals surface area contributed by atoms with Crippen molar-refractivity contribution in [3.63, 3.8) is 0 Å². The van der Waals surface area contributed by atoms with Gasteiger partial charge in [0.15, 0.2) is 0 Å². The van der Waals surface area contributed by atoms with Crippen molar-refractivity contribution in [3.8, 4) is 0 Å². The predicted molar refractivity (Wildman–Crippen MR) is 26.1 cm³/mol. The van der Waals surface area contributed by atoms with Crippen molar-refractivity contribution in [2.75, 3.05) is 13.2 Å². The van der Waals surface area contributed by atoms with Crippen LogP contribution in [-0.2, 0) is 4.74 Å². The summed E-state index contributed by atoms with van der Waals surface area (Å²) in [5.41, 5.74) is 0. The Morgan fingerprint density at radius 2 is 2.57 bits per heavy atom. The van der Waals surface area contributed by atoms with Crippen LogP contribution in [0.4, 0.5) is 0 Å². The first-order valence-electron chi connectivity index (χ1n) is 2.82. The van der Waals surface area contributed by atoms with Crippen molar-refractivity contribution in [1.29, 1.82) is 0 Å². The van der Waals surface area contributed by atoms with Crippen LogP contribution in [0.25, 0.3) is 0 Å². The maximum atomic E-state index is 5.29. The summed E-state index contributed by atoms with van der Waals surface area (Å²) in [5, 5.41) is 3.33. The van der Waals surface area contributed by atoms with Crippen LogP contribution >= 0.6 is 0 Å². The lowest BCUT2D eigenvalue weighted by Crippen LogP contribution is -2.30. The van der Waals surface area contributed by atoms with E-state index in [4.69, 9.17) is 4.74 Å². The Kier molecular flexibility index (Phi) is 0.664. The summed E-state index contributed by atoms with van der Waals surface area (Å²) in [4.78, 5) is 0. The molecule has 1 saturated heterocycles. The van der Waals surface area contributed by atoms with Gasteiger partial charge in [-0.05, 0) is 6.42 Å². The van der Waals surface area contributed by atoms with E-state index < -0.39 is 0 Å². The first-order chi connectivity index (χ1) is 3.47. The molecule has 0 radical (unpaired) electrons.